The molecule has 0 heterocycles. The number of halogens is 1. The first kappa shape index (κ1) is 15.2. The number of hydrogen-bond donors (Lipinski definition) is 2. The van der Waals surface area contributed by atoms with Crippen LogP contribution < -0.4 is 15.8 Å². The van der Waals surface area contributed by atoms with Gasteiger partial charge in [-0.05, 0) is 42.8 Å². The first-order valence-corrected chi connectivity index (χ1v) is 6.86. The van der Waals surface area contributed by atoms with Crippen LogP contribution in [-0.4, -0.2) is 13.0 Å². The van der Waals surface area contributed by atoms with Gasteiger partial charge in [-0.25, -0.2) is 0 Å². The van der Waals surface area contributed by atoms with Crippen molar-refractivity contribution in [3.05, 3.63) is 58.1 Å². The number of anilines is 1. The Kier molecular flexibility index (Phi) is 4.70. The number of nitrogens with one attached hydrogen (secondary N) is 1. The lowest BCUT2D eigenvalue weighted by Gasteiger charge is -2.12. The Bertz CT molecular complexity index is 671. The van der Waals surface area contributed by atoms with E-state index in [9.17, 15) is 4.79 Å². The average molecular weight is 305 g/mol. The highest BCUT2D eigenvalue weighted by Gasteiger charge is 2.11. The third kappa shape index (κ3) is 3.47. The Morgan fingerprint density at radius 2 is 2.10 bits per heavy atom. The summed E-state index contributed by atoms with van der Waals surface area (Å²) in [5.74, 6) is 0.469. The van der Waals surface area contributed by atoms with Gasteiger partial charge in [0.2, 0.25) is 0 Å². The van der Waals surface area contributed by atoms with Crippen molar-refractivity contribution >= 4 is 23.2 Å². The van der Waals surface area contributed by atoms with Gasteiger partial charge in [0.05, 0.1) is 7.11 Å². The van der Waals surface area contributed by atoms with Crippen molar-refractivity contribution in [3.63, 3.8) is 0 Å². The predicted octanol–water partition coefficient (Wildman–Crippen LogP) is 3.17. The molecule has 0 saturated carbocycles. The monoisotopic (exact) mass is 304 g/mol. The van der Waals surface area contributed by atoms with E-state index in [1.807, 2.05) is 6.92 Å². The van der Waals surface area contributed by atoms with E-state index in [1.165, 1.54) is 0 Å². The van der Waals surface area contributed by atoms with E-state index in [4.69, 9.17) is 22.1 Å². The molecular weight excluding hydrogens is 288 g/mol. The van der Waals surface area contributed by atoms with E-state index in [1.54, 1.807) is 43.5 Å². The molecule has 0 aliphatic heterocycles. The summed E-state index contributed by atoms with van der Waals surface area (Å²) in [5, 5.41) is 3.39. The Morgan fingerprint density at radius 1 is 1.33 bits per heavy atom. The van der Waals surface area contributed by atoms with Gasteiger partial charge in [0.25, 0.3) is 5.91 Å². The van der Waals surface area contributed by atoms with E-state index in [0.717, 1.165) is 11.1 Å². The lowest BCUT2D eigenvalue weighted by molar-refractivity contribution is 0.0950. The number of ether oxygens (including phenoxy) is 1. The Hall–Kier alpha value is -2.20. The van der Waals surface area contributed by atoms with Crippen LogP contribution in [0.5, 0.6) is 5.75 Å². The molecule has 0 aliphatic rings. The van der Waals surface area contributed by atoms with Gasteiger partial charge >= 0.3 is 0 Å². The number of benzene rings is 2. The maximum absolute atomic E-state index is 12.2. The van der Waals surface area contributed by atoms with Crippen LogP contribution in [0, 0.1) is 6.92 Å². The maximum atomic E-state index is 12.2. The molecule has 1 amide bonds. The summed E-state index contributed by atoms with van der Waals surface area (Å²) in [5.41, 5.74) is 8.60. The molecule has 4 nitrogen and oxygen atoms in total. The van der Waals surface area contributed by atoms with Crippen molar-refractivity contribution in [1.82, 2.24) is 5.32 Å². The van der Waals surface area contributed by atoms with Crippen LogP contribution in [0.2, 0.25) is 5.02 Å². The molecular formula is C16H17ClN2O2. The third-order valence-electron chi connectivity index (χ3n) is 3.25. The zero-order valence-electron chi connectivity index (χ0n) is 11.9. The molecule has 0 bridgehead atoms. The van der Waals surface area contributed by atoms with E-state index >= 15 is 0 Å². The molecule has 2 aromatic rings. The van der Waals surface area contributed by atoms with E-state index in [2.05, 4.69) is 5.32 Å². The van der Waals surface area contributed by atoms with Crippen LogP contribution in [0.15, 0.2) is 36.4 Å². The summed E-state index contributed by atoms with van der Waals surface area (Å²) in [6, 6.07) is 10.5. The summed E-state index contributed by atoms with van der Waals surface area (Å²) in [6.45, 7) is 2.16. The van der Waals surface area contributed by atoms with Crippen molar-refractivity contribution in [3.8, 4) is 5.75 Å². The molecule has 2 rings (SSSR count). The second-order valence-corrected chi connectivity index (χ2v) is 5.08. The fourth-order valence-electron chi connectivity index (χ4n) is 1.99. The quantitative estimate of drug-likeness (QED) is 0.853. The summed E-state index contributed by atoms with van der Waals surface area (Å²) in [4.78, 5) is 12.2. The molecule has 0 aromatic heterocycles. The van der Waals surface area contributed by atoms with Gasteiger partial charge in [0, 0.05) is 28.4 Å². The highest BCUT2D eigenvalue weighted by Crippen LogP contribution is 2.26. The lowest BCUT2D eigenvalue weighted by Crippen LogP contribution is -2.23. The smallest absolute Gasteiger partial charge is 0.251 e. The average Bonchev–Trinajstić information content (AvgIpc) is 2.48. The highest BCUT2D eigenvalue weighted by atomic mass is 35.5. The van der Waals surface area contributed by atoms with Crippen molar-refractivity contribution in [2.24, 2.45) is 0 Å². The minimum absolute atomic E-state index is 0.180. The van der Waals surface area contributed by atoms with Crippen LogP contribution in [0.25, 0.3) is 0 Å². The Balaban J connectivity index is 2.13. The number of carbonyl (C=O) groups excluding carboxylic acids is 1. The number of aryl methyl sites for hydroxylation is 1. The maximum Gasteiger partial charge on any atom is 0.251 e. The van der Waals surface area contributed by atoms with Gasteiger partial charge in [-0.3, -0.25) is 4.79 Å². The minimum atomic E-state index is -0.180. The van der Waals surface area contributed by atoms with Crippen LogP contribution in [-0.2, 0) is 6.54 Å². The molecule has 5 heteroatoms. The van der Waals surface area contributed by atoms with Crippen molar-refractivity contribution < 1.29 is 9.53 Å². The fourth-order valence-corrected chi connectivity index (χ4v) is 2.22. The van der Waals surface area contributed by atoms with E-state index in [0.29, 0.717) is 28.6 Å². The molecule has 21 heavy (non-hydrogen) atoms. The number of hydrogen-bond acceptors (Lipinski definition) is 3. The van der Waals surface area contributed by atoms with Crippen LogP contribution in [0.3, 0.4) is 0 Å². The van der Waals surface area contributed by atoms with E-state index in [-0.39, 0.29) is 5.91 Å². The number of nitrogens with two attached hydrogens (primary N) is 1. The third-order valence-corrected chi connectivity index (χ3v) is 3.61. The van der Waals surface area contributed by atoms with Gasteiger partial charge in [-0.2, -0.15) is 0 Å². The summed E-state index contributed by atoms with van der Waals surface area (Å²) in [6.07, 6.45) is 0. The standard InChI is InChI=1S/C16H17ClN2O2/c1-10-8-11(6-7-14(10)18)16(20)19-9-12-13(17)4-3-5-15(12)21-2/h3-8H,9,18H2,1-2H3,(H,19,20). The van der Waals surface area contributed by atoms with Gasteiger partial charge in [0.1, 0.15) is 5.75 Å². The predicted molar refractivity (Wildman–Crippen MR) is 84.8 cm³/mol. The summed E-state index contributed by atoms with van der Waals surface area (Å²) in [7, 11) is 1.57. The van der Waals surface area contributed by atoms with Crippen LogP contribution in [0.1, 0.15) is 21.5 Å². The number of amides is 1. The Morgan fingerprint density at radius 3 is 2.76 bits per heavy atom. The van der Waals surface area contributed by atoms with Crippen LogP contribution >= 0.6 is 11.6 Å². The molecule has 2 aromatic carbocycles. The first-order chi connectivity index (χ1) is 10.0. The number of nitrogen functional groups attached to an aromatic ring is 1. The number of rotatable bonds is 4. The second-order valence-electron chi connectivity index (χ2n) is 4.67. The molecule has 0 aliphatic carbocycles. The molecule has 0 fully saturated rings. The Labute approximate surface area is 128 Å². The molecule has 110 valence electrons. The van der Waals surface area contributed by atoms with Crippen molar-refractivity contribution in [2.75, 3.05) is 12.8 Å². The first-order valence-electron chi connectivity index (χ1n) is 6.48. The van der Waals surface area contributed by atoms with Crippen LogP contribution in [0.4, 0.5) is 5.69 Å². The van der Waals surface area contributed by atoms with Gasteiger partial charge in [-0.1, -0.05) is 17.7 Å². The van der Waals surface area contributed by atoms with Gasteiger partial charge < -0.3 is 15.8 Å². The van der Waals surface area contributed by atoms with Gasteiger partial charge in [0.15, 0.2) is 0 Å². The normalized spacial score (nSPS) is 10.2. The number of carbonyl (C=O) groups is 1. The van der Waals surface area contributed by atoms with Crippen molar-refractivity contribution in [2.45, 2.75) is 13.5 Å². The van der Waals surface area contributed by atoms with Crippen molar-refractivity contribution in [1.29, 1.82) is 0 Å². The molecule has 0 radical (unpaired) electrons. The number of methoxy groups -OCH3 is 1. The molecule has 3 N–H and O–H groups in total. The molecule has 0 atom stereocenters. The molecule has 0 unspecified atom stereocenters. The molecule has 0 saturated heterocycles. The zero-order valence-corrected chi connectivity index (χ0v) is 12.7. The largest absolute Gasteiger partial charge is 0.496 e. The van der Waals surface area contributed by atoms with E-state index < -0.39 is 0 Å². The topological polar surface area (TPSA) is 64.3 Å². The zero-order chi connectivity index (χ0) is 15.4. The second kappa shape index (κ2) is 6.50. The molecule has 0 spiro atoms. The van der Waals surface area contributed by atoms with Gasteiger partial charge in [-0.15, -0.1) is 0 Å². The highest BCUT2D eigenvalue weighted by molar-refractivity contribution is 6.31. The summed E-state index contributed by atoms with van der Waals surface area (Å²) >= 11 is 6.14. The fraction of sp³-hybridized carbons (Fsp3) is 0.188. The minimum Gasteiger partial charge on any atom is -0.496 e. The summed E-state index contributed by atoms with van der Waals surface area (Å²) < 4.78 is 5.25. The lowest BCUT2D eigenvalue weighted by atomic mass is 10.1. The SMILES string of the molecule is COc1cccc(Cl)c1CNC(=O)c1ccc(N)c(C)c1.